The first kappa shape index (κ1) is 17.9. The third-order valence-corrected chi connectivity index (χ3v) is 6.92. The van der Waals surface area contributed by atoms with Crippen LogP contribution in [-0.4, -0.2) is 36.2 Å². The number of rotatable bonds is 7. The number of anilines is 1. The number of hydrogen-bond acceptors (Lipinski definition) is 5. The monoisotopic (exact) mass is 378 g/mol. The van der Waals surface area contributed by atoms with E-state index in [1.54, 1.807) is 11.4 Å². The van der Waals surface area contributed by atoms with Crippen LogP contribution in [0.15, 0.2) is 46.0 Å². The quantitative estimate of drug-likeness (QED) is 0.794. The van der Waals surface area contributed by atoms with Gasteiger partial charge in [0.25, 0.3) is 0 Å². The molecule has 126 valence electrons. The first-order valence-electron chi connectivity index (χ1n) is 6.46. The average Bonchev–Trinajstić information content (AvgIpc) is 2.97. The highest BCUT2D eigenvalue weighted by molar-refractivity contribution is 7.92. The third kappa shape index (κ3) is 4.74. The summed E-state index contributed by atoms with van der Waals surface area (Å²) in [5.41, 5.74) is 0.142. The van der Waals surface area contributed by atoms with Crippen LogP contribution in [0, 0.1) is 5.82 Å². The molecule has 0 spiro atoms. The van der Waals surface area contributed by atoms with Crippen molar-refractivity contribution in [1.29, 1.82) is 0 Å². The van der Waals surface area contributed by atoms with Crippen LogP contribution in [0.5, 0.6) is 0 Å². The van der Waals surface area contributed by atoms with Crippen LogP contribution in [0.2, 0.25) is 0 Å². The molecule has 0 amide bonds. The lowest BCUT2D eigenvalue weighted by Crippen LogP contribution is -2.38. The summed E-state index contributed by atoms with van der Waals surface area (Å²) in [4.78, 5) is 0. The molecule has 0 bridgehead atoms. The number of nitrogens with one attached hydrogen (secondary N) is 1. The van der Waals surface area contributed by atoms with E-state index < -0.39 is 25.9 Å². The van der Waals surface area contributed by atoms with E-state index in [0.29, 0.717) is 0 Å². The van der Waals surface area contributed by atoms with Gasteiger partial charge < -0.3 is 0 Å². The van der Waals surface area contributed by atoms with Gasteiger partial charge in [-0.1, -0.05) is 12.1 Å². The molecular formula is C13H15FN2O4S3. The molecule has 0 saturated carbocycles. The zero-order valence-corrected chi connectivity index (χ0v) is 14.6. The van der Waals surface area contributed by atoms with Gasteiger partial charge in [-0.25, -0.2) is 25.9 Å². The van der Waals surface area contributed by atoms with Crippen molar-refractivity contribution in [3.8, 4) is 0 Å². The molecule has 1 N–H and O–H groups in total. The number of nitrogens with zero attached hydrogens (tertiary/aromatic N) is 1. The number of hydrogen-bond donors (Lipinski definition) is 1. The standard InChI is InChI=1S/C13H15FN2O4S3/c1-22(17,18)16(12-5-2-4-11(14)10-12)8-7-15-23(19,20)13-6-3-9-21-13/h2-6,9-10,15H,7-8H2,1H3. The summed E-state index contributed by atoms with van der Waals surface area (Å²) in [7, 11) is -7.35. The highest BCUT2D eigenvalue weighted by Crippen LogP contribution is 2.19. The maximum absolute atomic E-state index is 13.3. The van der Waals surface area contributed by atoms with Crippen LogP contribution in [0.4, 0.5) is 10.1 Å². The molecule has 0 atom stereocenters. The predicted octanol–water partition coefficient (Wildman–Crippen LogP) is 1.63. The molecule has 0 aliphatic carbocycles. The van der Waals surface area contributed by atoms with Crippen molar-refractivity contribution >= 4 is 37.1 Å². The fourth-order valence-electron chi connectivity index (χ4n) is 1.89. The Morgan fingerprint density at radius 2 is 1.91 bits per heavy atom. The molecule has 6 nitrogen and oxygen atoms in total. The van der Waals surface area contributed by atoms with E-state index in [9.17, 15) is 21.2 Å². The van der Waals surface area contributed by atoms with E-state index in [1.165, 1.54) is 24.3 Å². The minimum Gasteiger partial charge on any atom is -0.269 e. The van der Waals surface area contributed by atoms with E-state index in [-0.39, 0.29) is 23.0 Å². The molecular weight excluding hydrogens is 363 g/mol. The second kappa shape index (κ2) is 6.95. The number of thiophene rings is 1. The van der Waals surface area contributed by atoms with Gasteiger partial charge in [-0.3, -0.25) is 4.31 Å². The van der Waals surface area contributed by atoms with Gasteiger partial charge >= 0.3 is 0 Å². The number of halogens is 1. The van der Waals surface area contributed by atoms with Gasteiger partial charge in [0.1, 0.15) is 10.0 Å². The lowest BCUT2D eigenvalue weighted by atomic mass is 10.3. The SMILES string of the molecule is CS(=O)(=O)N(CCNS(=O)(=O)c1cccs1)c1cccc(F)c1. The Bertz CT molecular complexity index is 864. The van der Waals surface area contributed by atoms with Crippen LogP contribution in [0.25, 0.3) is 0 Å². The number of benzene rings is 1. The topological polar surface area (TPSA) is 83.6 Å². The summed E-state index contributed by atoms with van der Waals surface area (Å²) in [6, 6.07) is 8.16. The first-order valence-corrected chi connectivity index (χ1v) is 10.7. The van der Waals surface area contributed by atoms with Crippen molar-refractivity contribution in [2.24, 2.45) is 0 Å². The molecule has 0 unspecified atom stereocenters. The molecule has 1 aromatic carbocycles. The minimum absolute atomic E-state index is 0.135. The van der Waals surface area contributed by atoms with Crippen molar-refractivity contribution in [2.75, 3.05) is 23.7 Å². The summed E-state index contributed by atoms with van der Waals surface area (Å²) in [6.45, 7) is -0.281. The maximum atomic E-state index is 13.3. The van der Waals surface area contributed by atoms with Crippen LogP contribution in [0.1, 0.15) is 0 Å². The molecule has 23 heavy (non-hydrogen) atoms. The zero-order chi connectivity index (χ0) is 17.1. The molecule has 10 heteroatoms. The Morgan fingerprint density at radius 3 is 2.48 bits per heavy atom. The molecule has 1 aromatic heterocycles. The van der Waals surface area contributed by atoms with E-state index in [0.717, 1.165) is 28.0 Å². The first-order chi connectivity index (χ1) is 10.7. The molecule has 0 radical (unpaired) electrons. The largest absolute Gasteiger partial charge is 0.269 e. The van der Waals surface area contributed by atoms with E-state index in [1.807, 2.05) is 0 Å². The Labute approximate surface area is 138 Å². The van der Waals surface area contributed by atoms with E-state index >= 15 is 0 Å². The highest BCUT2D eigenvalue weighted by Gasteiger charge is 2.20. The molecule has 2 rings (SSSR count). The van der Waals surface area contributed by atoms with Crippen molar-refractivity contribution in [1.82, 2.24) is 4.72 Å². The van der Waals surface area contributed by atoms with Gasteiger partial charge in [-0.15, -0.1) is 11.3 Å². The van der Waals surface area contributed by atoms with Gasteiger partial charge in [-0.05, 0) is 29.6 Å². The van der Waals surface area contributed by atoms with Gasteiger partial charge in [-0.2, -0.15) is 0 Å². The number of sulfonamides is 2. The van der Waals surface area contributed by atoms with Crippen LogP contribution < -0.4 is 9.03 Å². The predicted molar refractivity (Wildman–Crippen MR) is 88.1 cm³/mol. The third-order valence-electron chi connectivity index (χ3n) is 2.86. The highest BCUT2D eigenvalue weighted by atomic mass is 32.2. The van der Waals surface area contributed by atoms with Crippen LogP contribution in [-0.2, 0) is 20.0 Å². The molecule has 1 heterocycles. The molecule has 2 aromatic rings. The van der Waals surface area contributed by atoms with Crippen molar-refractivity contribution in [2.45, 2.75) is 4.21 Å². The molecule has 0 aliphatic heterocycles. The van der Waals surface area contributed by atoms with Gasteiger partial charge in [0.05, 0.1) is 11.9 Å². The summed E-state index contributed by atoms with van der Waals surface area (Å²) < 4.78 is 64.4. The Hall–Kier alpha value is -1.49. The summed E-state index contributed by atoms with van der Waals surface area (Å²) in [5, 5.41) is 1.63. The second-order valence-electron chi connectivity index (χ2n) is 4.64. The Balaban J connectivity index is 2.12. The minimum atomic E-state index is -3.68. The van der Waals surface area contributed by atoms with Gasteiger partial charge in [0.2, 0.25) is 20.0 Å². The fourth-order valence-corrected chi connectivity index (χ4v) is 4.86. The molecule has 0 saturated heterocycles. The summed E-state index contributed by atoms with van der Waals surface area (Å²) >= 11 is 1.06. The normalized spacial score (nSPS) is 12.3. The van der Waals surface area contributed by atoms with Crippen molar-refractivity contribution < 1.29 is 21.2 Å². The van der Waals surface area contributed by atoms with Crippen LogP contribution >= 0.6 is 11.3 Å². The lowest BCUT2D eigenvalue weighted by Gasteiger charge is -2.22. The fraction of sp³-hybridized carbons (Fsp3) is 0.231. The molecule has 0 aliphatic rings. The molecule has 0 fully saturated rings. The summed E-state index contributed by atoms with van der Waals surface area (Å²) in [6.07, 6.45) is 0.978. The van der Waals surface area contributed by atoms with Gasteiger partial charge in [0, 0.05) is 13.1 Å². The lowest BCUT2D eigenvalue weighted by molar-refractivity contribution is 0.579. The summed E-state index contributed by atoms with van der Waals surface area (Å²) in [5.74, 6) is -0.574. The Morgan fingerprint density at radius 1 is 1.17 bits per heavy atom. The Kier molecular flexibility index (Phi) is 5.40. The smallest absolute Gasteiger partial charge is 0.250 e. The zero-order valence-electron chi connectivity index (χ0n) is 12.1. The van der Waals surface area contributed by atoms with Crippen molar-refractivity contribution in [3.05, 3.63) is 47.6 Å². The maximum Gasteiger partial charge on any atom is 0.250 e. The van der Waals surface area contributed by atoms with Gasteiger partial charge in [0.15, 0.2) is 0 Å². The van der Waals surface area contributed by atoms with E-state index in [2.05, 4.69) is 4.72 Å². The van der Waals surface area contributed by atoms with E-state index in [4.69, 9.17) is 0 Å². The average molecular weight is 378 g/mol. The second-order valence-corrected chi connectivity index (χ2v) is 9.49. The van der Waals surface area contributed by atoms with Crippen molar-refractivity contribution in [3.63, 3.8) is 0 Å². The van der Waals surface area contributed by atoms with Crippen LogP contribution in [0.3, 0.4) is 0 Å².